The zero-order valence-electron chi connectivity index (χ0n) is 17.2. The second-order valence-corrected chi connectivity index (χ2v) is 7.02. The summed E-state index contributed by atoms with van der Waals surface area (Å²) in [6.07, 6.45) is 0.761. The van der Waals surface area contributed by atoms with Gasteiger partial charge in [-0.05, 0) is 34.9 Å². The molecule has 0 aliphatic carbocycles. The van der Waals surface area contributed by atoms with Crippen LogP contribution in [0.4, 0.5) is 11.4 Å². The first kappa shape index (κ1) is 21.8. The molecule has 0 bridgehead atoms. The van der Waals surface area contributed by atoms with Crippen molar-refractivity contribution in [3.63, 3.8) is 0 Å². The monoisotopic (exact) mass is 420 g/mol. The van der Waals surface area contributed by atoms with E-state index in [1.54, 1.807) is 13.1 Å². The molecule has 2 amide bonds. The zero-order valence-corrected chi connectivity index (χ0v) is 17.2. The molecule has 0 radical (unpaired) electrons. The number of amides is 2. The van der Waals surface area contributed by atoms with Gasteiger partial charge < -0.3 is 16.0 Å². The van der Waals surface area contributed by atoms with Crippen LogP contribution in [0, 0.1) is 10.1 Å². The smallest absolute Gasteiger partial charge is 0.293 e. The van der Waals surface area contributed by atoms with E-state index in [4.69, 9.17) is 0 Å². The molecule has 0 unspecified atom stereocenters. The fraction of sp³-hybridized carbons (Fsp3) is 0.217. The molecule has 0 spiro atoms. The molecule has 0 fully saturated rings. The van der Waals surface area contributed by atoms with E-state index < -0.39 is 10.8 Å². The molecule has 0 aromatic heterocycles. The van der Waals surface area contributed by atoms with Gasteiger partial charge in [0.15, 0.2) is 0 Å². The molecular formula is C23H24N4O4. The summed E-state index contributed by atoms with van der Waals surface area (Å²) in [4.78, 5) is 35.1. The van der Waals surface area contributed by atoms with Gasteiger partial charge in [0.25, 0.3) is 11.6 Å². The Hall–Kier alpha value is -3.94. The summed E-state index contributed by atoms with van der Waals surface area (Å²) in [5.74, 6) is -0.525. The predicted octanol–water partition coefficient (Wildman–Crippen LogP) is 3.62. The van der Waals surface area contributed by atoms with Gasteiger partial charge in [0.2, 0.25) is 5.91 Å². The number of para-hydroxylation sites is 1. The summed E-state index contributed by atoms with van der Waals surface area (Å²) >= 11 is 0. The summed E-state index contributed by atoms with van der Waals surface area (Å²) in [6.45, 7) is 0.617. The van der Waals surface area contributed by atoms with Gasteiger partial charge in [0.1, 0.15) is 5.69 Å². The minimum absolute atomic E-state index is 0.113. The van der Waals surface area contributed by atoms with Crippen molar-refractivity contribution in [3.05, 3.63) is 81.9 Å². The molecule has 0 aliphatic heterocycles. The Morgan fingerprint density at radius 2 is 1.77 bits per heavy atom. The van der Waals surface area contributed by atoms with Crippen LogP contribution >= 0.6 is 0 Å². The van der Waals surface area contributed by atoms with Crippen LogP contribution in [0.25, 0.3) is 10.8 Å². The summed E-state index contributed by atoms with van der Waals surface area (Å²) in [7, 11) is 1.55. The lowest BCUT2D eigenvalue weighted by atomic mass is 10.1. The van der Waals surface area contributed by atoms with Gasteiger partial charge in [-0.2, -0.15) is 0 Å². The Morgan fingerprint density at radius 1 is 1.00 bits per heavy atom. The second kappa shape index (κ2) is 10.2. The molecule has 3 aromatic rings. The number of nitrogens with one attached hydrogen (secondary N) is 3. The Balaban J connectivity index is 1.73. The van der Waals surface area contributed by atoms with Crippen LogP contribution in [0.3, 0.4) is 0 Å². The summed E-state index contributed by atoms with van der Waals surface area (Å²) in [6, 6.07) is 18.2. The fourth-order valence-electron chi connectivity index (χ4n) is 3.28. The number of nitro groups is 1. The number of rotatable bonds is 9. The molecule has 3 rings (SSSR count). The molecule has 3 aromatic carbocycles. The van der Waals surface area contributed by atoms with Crippen molar-refractivity contribution in [2.45, 2.75) is 19.4 Å². The lowest BCUT2D eigenvalue weighted by Crippen LogP contribution is -2.24. The van der Waals surface area contributed by atoms with Gasteiger partial charge in [0.05, 0.1) is 10.5 Å². The third kappa shape index (κ3) is 5.57. The van der Waals surface area contributed by atoms with Crippen LogP contribution in [0.5, 0.6) is 0 Å². The quantitative estimate of drug-likeness (QED) is 0.278. The van der Waals surface area contributed by atoms with Crippen molar-refractivity contribution in [1.82, 2.24) is 10.6 Å². The number of carbonyl (C=O) groups excluding carboxylic acids is 2. The number of benzene rings is 3. The van der Waals surface area contributed by atoms with Gasteiger partial charge in [-0.25, -0.2) is 0 Å². The molecule has 0 saturated carbocycles. The minimum atomic E-state index is -0.527. The highest BCUT2D eigenvalue weighted by atomic mass is 16.6. The van der Waals surface area contributed by atoms with E-state index in [1.807, 2.05) is 42.5 Å². The first-order valence-corrected chi connectivity index (χ1v) is 9.97. The van der Waals surface area contributed by atoms with Crippen LogP contribution in [0.15, 0.2) is 60.7 Å². The molecule has 160 valence electrons. The first-order valence-electron chi connectivity index (χ1n) is 9.97. The maximum Gasteiger partial charge on any atom is 0.293 e. The number of carbonyl (C=O) groups is 2. The van der Waals surface area contributed by atoms with Crippen molar-refractivity contribution in [2.75, 3.05) is 18.9 Å². The first-order chi connectivity index (χ1) is 15.0. The molecule has 0 heterocycles. The molecule has 31 heavy (non-hydrogen) atoms. The van der Waals surface area contributed by atoms with E-state index in [1.165, 1.54) is 12.1 Å². The number of nitro benzene ring substituents is 1. The van der Waals surface area contributed by atoms with E-state index in [-0.39, 0.29) is 29.3 Å². The van der Waals surface area contributed by atoms with Gasteiger partial charge in [-0.15, -0.1) is 0 Å². The highest BCUT2D eigenvalue weighted by Crippen LogP contribution is 2.28. The Bertz CT molecular complexity index is 1110. The number of anilines is 1. The van der Waals surface area contributed by atoms with E-state index in [0.717, 1.165) is 16.3 Å². The topological polar surface area (TPSA) is 113 Å². The van der Waals surface area contributed by atoms with E-state index in [2.05, 4.69) is 16.0 Å². The maximum absolute atomic E-state index is 12.8. The van der Waals surface area contributed by atoms with Crippen LogP contribution in [0.1, 0.15) is 28.8 Å². The second-order valence-electron chi connectivity index (χ2n) is 7.02. The number of nitrogens with zero attached hydrogens (tertiary/aromatic N) is 1. The van der Waals surface area contributed by atoms with Gasteiger partial charge in [-0.3, -0.25) is 19.7 Å². The SMILES string of the molecule is CNC(=O)CCCNc1c(C(=O)NCc2ccc3ccccc3c2)cccc1[N+](=O)[O-]. The third-order valence-corrected chi connectivity index (χ3v) is 4.91. The van der Waals surface area contributed by atoms with Crippen molar-refractivity contribution in [2.24, 2.45) is 0 Å². The van der Waals surface area contributed by atoms with Gasteiger partial charge >= 0.3 is 0 Å². The fourth-order valence-corrected chi connectivity index (χ4v) is 3.28. The normalized spacial score (nSPS) is 10.5. The predicted molar refractivity (Wildman–Crippen MR) is 120 cm³/mol. The Morgan fingerprint density at radius 3 is 2.52 bits per heavy atom. The van der Waals surface area contributed by atoms with E-state index >= 15 is 0 Å². The van der Waals surface area contributed by atoms with Crippen LogP contribution in [-0.4, -0.2) is 30.3 Å². The molecular weight excluding hydrogens is 396 g/mol. The van der Waals surface area contributed by atoms with Crippen LogP contribution < -0.4 is 16.0 Å². The summed E-state index contributed by atoms with van der Waals surface area (Å²) < 4.78 is 0. The lowest BCUT2D eigenvalue weighted by molar-refractivity contribution is -0.384. The van der Waals surface area contributed by atoms with Gasteiger partial charge in [0, 0.05) is 32.6 Å². The standard InChI is InChI=1S/C23H24N4O4/c1-24-21(28)10-5-13-25-22-19(8-4-9-20(22)27(30)31)23(29)26-15-16-11-12-17-6-2-3-7-18(17)14-16/h2-4,6-9,11-12,14,25H,5,10,13,15H2,1H3,(H,24,28)(H,26,29). The Labute approximate surface area is 179 Å². The highest BCUT2D eigenvalue weighted by Gasteiger charge is 2.21. The summed E-state index contributed by atoms with van der Waals surface area (Å²) in [5, 5.41) is 22.0. The Kier molecular flexibility index (Phi) is 7.16. The average Bonchev–Trinajstić information content (AvgIpc) is 2.79. The zero-order chi connectivity index (χ0) is 22.2. The third-order valence-electron chi connectivity index (χ3n) is 4.91. The molecule has 0 atom stereocenters. The lowest BCUT2D eigenvalue weighted by Gasteiger charge is -2.13. The number of hydrogen-bond acceptors (Lipinski definition) is 5. The number of hydrogen-bond donors (Lipinski definition) is 3. The van der Waals surface area contributed by atoms with Crippen molar-refractivity contribution >= 4 is 34.0 Å². The van der Waals surface area contributed by atoms with E-state index in [9.17, 15) is 19.7 Å². The van der Waals surface area contributed by atoms with Gasteiger partial charge in [-0.1, -0.05) is 42.5 Å². The van der Waals surface area contributed by atoms with Crippen molar-refractivity contribution in [1.29, 1.82) is 0 Å². The van der Waals surface area contributed by atoms with Crippen molar-refractivity contribution < 1.29 is 14.5 Å². The largest absolute Gasteiger partial charge is 0.379 e. The summed E-state index contributed by atoms with van der Waals surface area (Å²) in [5.41, 5.74) is 1.09. The average molecular weight is 420 g/mol. The van der Waals surface area contributed by atoms with E-state index in [0.29, 0.717) is 19.5 Å². The molecule has 0 saturated heterocycles. The highest BCUT2D eigenvalue weighted by molar-refractivity contribution is 6.01. The van der Waals surface area contributed by atoms with Crippen LogP contribution in [-0.2, 0) is 11.3 Å². The molecule has 8 nitrogen and oxygen atoms in total. The van der Waals surface area contributed by atoms with Crippen LogP contribution in [0.2, 0.25) is 0 Å². The molecule has 3 N–H and O–H groups in total. The molecule has 8 heteroatoms. The maximum atomic E-state index is 12.8. The minimum Gasteiger partial charge on any atom is -0.379 e. The van der Waals surface area contributed by atoms with Crippen molar-refractivity contribution in [3.8, 4) is 0 Å². The number of fused-ring (bicyclic) bond motifs is 1. The molecule has 0 aliphatic rings.